The topological polar surface area (TPSA) is 77.5 Å². The molecule has 2 unspecified atom stereocenters. The van der Waals surface area contributed by atoms with Crippen molar-refractivity contribution in [1.82, 2.24) is 9.71 Å². The number of halogens is 3. The van der Waals surface area contributed by atoms with Gasteiger partial charge in [-0.1, -0.05) is 0 Å². The van der Waals surface area contributed by atoms with E-state index in [1.165, 1.54) is 0 Å². The second kappa shape index (κ2) is 9.32. The van der Waals surface area contributed by atoms with Gasteiger partial charge < -0.3 is 9.47 Å². The van der Waals surface area contributed by atoms with Crippen LogP contribution in [0.2, 0.25) is 0 Å². The van der Waals surface area contributed by atoms with E-state index in [0.29, 0.717) is 30.9 Å². The lowest BCUT2D eigenvalue weighted by molar-refractivity contribution is -0.137. The first-order chi connectivity index (χ1) is 14.2. The third-order valence-electron chi connectivity index (χ3n) is 4.89. The van der Waals surface area contributed by atoms with Crippen LogP contribution < -0.4 is 9.46 Å². The van der Waals surface area contributed by atoms with Crippen molar-refractivity contribution in [1.29, 1.82) is 0 Å². The fourth-order valence-electron chi connectivity index (χ4n) is 3.12. The largest absolute Gasteiger partial charge is 0.493 e. The van der Waals surface area contributed by atoms with E-state index in [0.717, 1.165) is 18.3 Å². The first kappa shape index (κ1) is 22.5. The smallest absolute Gasteiger partial charge is 0.416 e. The number of aromatic nitrogens is 1. The van der Waals surface area contributed by atoms with Crippen LogP contribution in [0.3, 0.4) is 0 Å². The number of sulfonamides is 1. The average Bonchev–Trinajstić information content (AvgIpc) is 2.73. The molecule has 1 N–H and O–H groups in total. The highest BCUT2D eigenvalue weighted by atomic mass is 32.2. The summed E-state index contributed by atoms with van der Waals surface area (Å²) in [5, 5.41) is 0. The molecule has 0 amide bonds. The zero-order valence-corrected chi connectivity index (χ0v) is 17.2. The van der Waals surface area contributed by atoms with Crippen LogP contribution in [0.1, 0.15) is 18.9 Å². The number of benzene rings is 1. The normalized spacial score (nSPS) is 20.1. The summed E-state index contributed by atoms with van der Waals surface area (Å²) >= 11 is 0. The maximum absolute atomic E-state index is 12.9. The lowest BCUT2D eigenvalue weighted by atomic mass is 9.98. The van der Waals surface area contributed by atoms with E-state index >= 15 is 0 Å². The second-order valence-corrected chi connectivity index (χ2v) is 9.06. The maximum atomic E-state index is 12.9. The quantitative estimate of drug-likeness (QED) is 0.708. The molecule has 1 aromatic carbocycles. The number of nitrogens with one attached hydrogen (secondary N) is 1. The van der Waals surface area contributed by atoms with Gasteiger partial charge >= 0.3 is 6.18 Å². The first-order valence-corrected chi connectivity index (χ1v) is 11.2. The van der Waals surface area contributed by atoms with Gasteiger partial charge in [-0.2, -0.15) is 13.2 Å². The van der Waals surface area contributed by atoms with E-state index < -0.39 is 21.8 Å². The minimum Gasteiger partial charge on any atom is -0.493 e. The highest BCUT2D eigenvalue weighted by molar-refractivity contribution is 7.89. The summed E-state index contributed by atoms with van der Waals surface area (Å²) < 4.78 is 76.3. The molecule has 2 aromatic rings. The van der Waals surface area contributed by atoms with Crippen LogP contribution in [-0.2, 0) is 20.9 Å². The molecule has 1 aromatic heterocycles. The van der Waals surface area contributed by atoms with Gasteiger partial charge in [0.2, 0.25) is 10.0 Å². The SMILES string of the molecule is CCS(=O)(=O)NC1CCOCC1COc1ccc(-c2cc(C(F)(F)F)ccn2)cc1. The Bertz CT molecular complexity index is 949. The predicted octanol–water partition coefficient (Wildman–Crippen LogP) is 3.49. The lowest BCUT2D eigenvalue weighted by Crippen LogP contribution is -2.47. The third kappa shape index (κ3) is 5.93. The highest BCUT2D eigenvalue weighted by Crippen LogP contribution is 2.31. The van der Waals surface area contributed by atoms with Crippen molar-refractivity contribution in [2.45, 2.75) is 25.6 Å². The molecule has 1 aliphatic rings. The average molecular weight is 444 g/mol. The van der Waals surface area contributed by atoms with Crippen LogP contribution in [0.15, 0.2) is 42.6 Å². The summed E-state index contributed by atoms with van der Waals surface area (Å²) in [5.74, 6) is 0.376. The molecular weight excluding hydrogens is 421 g/mol. The van der Waals surface area contributed by atoms with Crippen LogP contribution in [0.4, 0.5) is 13.2 Å². The van der Waals surface area contributed by atoms with Crippen molar-refractivity contribution >= 4 is 10.0 Å². The molecule has 1 saturated heterocycles. The fourth-order valence-corrected chi connectivity index (χ4v) is 4.06. The summed E-state index contributed by atoms with van der Waals surface area (Å²) in [6.45, 7) is 2.68. The second-order valence-electron chi connectivity index (χ2n) is 7.01. The summed E-state index contributed by atoms with van der Waals surface area (Å²) in [4.78, 5) is 4.00. The van der Waals surface area contributed by atoms with E-state index in [2.05, 4.69) is 9.71 Å². The van der Waals surface area contributed by atoms with E-state index in [1.807, 2.05) is 0 Å². The molecule has 10 heteroatoms. The summed E-state index contributed by atoms with van der Waals surface area (Å²) in [5.41, 5.74) is -0.0141. The number of hydrogen-bond donors (Lipinski definition) is 1. The summed E-state index contributed by atoms with van der Waals surface area (Å²) in [6, 6.07) is 8.21. The Balaban J connectivity index is 1.64. The maximum Gasteiger partial charge on any atom is 0.416 e. The van der Waals surface area contributed by atoms with Gasteiger partial charge in [0.25, 0.3) is 0 Å². The predicted molar refractivity (Wildman–Crippen MR) is 105 cm³/mol. The Labute approximate surface area is 173 Å². The lowest BCUT2D eigenvalue weighted by Gasteiger charge is -2.31. The molecule has 6 nitrogen and oxygen atoms in total. The zero-order valence-electron chi connectivity index (χ0n) is 16.4. The van der Waals surface area contributed by atoms with Crippen molar-refractivity contribution in [3.8, 4) is 17.0 Å². The number of rotatable bonds is 7. The summed E-state index contributed by atoms with van der Waals surface area (Å²) in [7, 11) is -3.33. The molecule has 2 heterocycles. The van der Waals surface area contributed by atoms with E-state index in [4.69, 9.17) is 9.47 Å². The Morgan fingerprint density at radius 3 is 2.63 bits per heavy atom. The zero-order chi connectivity index (χ0) is 21.8. The monoisotopic (exact) mass is 444 g/mol. The minimum absolute atomic E-state index is 0.00295. The Kier molecular flexibility index (Phi) is 6.99. The van der Waals surface area contributed by atoms with E-state index in [1.54, 1.807) is 31.2 Å². The Morgan fingerprint density at radius 1 is 1.23 bits per heavy atom. The minimum atomic E-state index is -4.43. The standard InChI is InChI=1S/C20H23F3N2O4S/c1-2-30(26,27)25-18-8-10-28-12-15(18)13-29-17-5-3-14(4-6-17)19-11-16(7-9-24-19)20(21,22)23/h3-7,9,11,15,18,25H,2,8,10,12-13H2,1H3. The molecule has 0 spiro atoms. The molecule has 0 saturated carbocycles. The molecule has 0 radical (unpaired) electrons. The van der Waals surface area contributed by atoms with Crippen LogP contribution in [0, 0.1) is 5.92 Å². The van der Waals surface area contributed by atoms with E-state index in [9.17, 15) is 21.6 Å². The molecule has 1 fully saturated rings. The number of ether oxygens (including phenoxy) is 2. The highest BCUT2D eigenvalue weighted by Gasteiger charge is 2.31. The molecule has 164 valence electrons. The van der Waals surface area contributed by atoms with Crippen LogP contribution in [0.5, 0.6) is 5.75 Å². The third-order valence-corrected chi connectivity index (χ3v) is 6.31. The van der Waals surface area contributed by atoms with E-state index in [-0.39, 0.29) is 30.0 Å². The van der Waals surface area contributed by atoms with Gasteiger partial charge in [-0.3, -0.25) is 4.98 Å². The first-order valence-electron chi connectivity index (χ1n) is 9.52. The number of hydrogen-bond acceptors (Lipinski definition) is 5. The van der Waals surface area contributed by atoms with Crippen molar-refractivity contribution < 1.29 is 31.1 Å². The molecular formula is C20H23F3N2O4S. The van der Waals surface area contributed by atoms with Crippen LogP contribution >= 0.6 is 0 Å². The molecule has 0 aliphatic carbocycles. The van der Waals surface area contributed by atoms with Crippen LogP contribution in [0.25, 0.3) is 11.3 Å². The molecule has 0 bridgehead atoms. The molecule has 2 atom stereocenters. The molecule has 3 rings (SSSR count). The Hall–Kier alpha value is -2.17. The van der Waals surface area contributed by atoms with Crippen molar-refractivity contribution in [2.75, 3.05) is 25.6 Å². The Morgan fingerprint density at radius 2 is 1.97 bits per heavy atom. The van der Waals surface area contributed by atoms with Gasteiger partial charge in [0.05, 0.1) is 30.2 Å². The van der Waals surface area contributed by atoms with Crippen LogP contribution in [-0.4, -0.2) is 45.0 Å². The number of pyridine rings is 1. The van der Waals surface area contributed by atoms with Gasteiger partial charge in [0, 0.05) is 30.3 Å². The van der Waals surface area contributed by atoms with Crippen molar-refractivity contribution in [3.05, 3.63) is 48.2 Å². The van der Waals surface area contributed by atoms with Gasteiger partial charge in [-0.25, -0.2) is 13.1 Å². The van der Waals surface area contributed by atoms with Crippen molar-refractivity contribution in [2.24, 2.45) is 5.92 Å². The van der Waals surface area contributed by atoms with Gasteiger partial charge in [-0.15, -0.1) is 0 Å². The molecule has 1 aliphatic heterocycles. The van der Waals surface area contributed by atoms with Gasteiger partial charge in [0.15, 0.2) is 0 Å². The number of nitrogens with zero attached hydrogens (tertiary/aromatic N) is 1. The van der Waals surface area contributed by atoms with Gasteiger partial charge in [0.1, 0.15) is 5.75 Å². The van der Waals surface area contributed by atoms with Crippen molar-refractivity contribution in [3.63, 3.8) is 0 Å². The number of alkyl halides is 3. The summed E-state index contributed by atoms with van der Waals surface area (Å²) in [6.07, 6.45) is -2.74. The fraction of sp³-hybridized carbons (Fsp3) is 0.450. The molecule has 30 heavy (non-hydrogen) atoms. The van der Waals surface area contributed by atoms with Gasteiger partial charge in [-0.05, 0) is 49.7 Å².